The summed E-state index contributed by atoms with van der Waals surface area (Å²) in [6.45, 7) is 13.3. The summed E-state index contributed by atoms with van der Waals surface area (Å²) in [7, 11) is 0. The van der Waals surface area contributed by atoms with Gasteiger partial charge in [0.15, 0.2) is 11.5 Å². The summed E-state index contributed by atoms with van der Waals surface area (Å²) in [5.41, 5.74) is 1.08. The van der Waals surface area contributed by atoms with Crippen LogP contribution in [-0.2, 0) is 4.79 Å². The van der Waals surface area contributed by atoms with Gasteiger partial charge in [-0.1, -0.05) is 20.8 Å². The van der Waals surface area contributed by atoms with Crippen LogP contribution in [0.5, 0.6) is 11.5 Å². The number of fused-ring (bicyclic) bond motifs is 2. The van der Waals surface area contributed by atoms with Crippen molar-refractivity contribution in [2.24, 2.45) is 10.8 Å². The Morgan fingerprint density at radius 3 is 2.24 bits per heavy atom. The van der Waals surface area contributed by atoms with E-state index in [0.717, 1.165) is 11.1 Å². The third-order valence-corrected chi connectivity index (χ3v) is 4.66. The summed E-state index contributed by atoms with van der Waals surface area (Å²) in [6.07, 6.45) is 0. The molecule has 0 radical (unpaired) electrons. The highest BCUT2D eigenvalue weighted by atomic mass is 16.6. The van der Waals surface area contributed by atoms with Crippen LogP contribution in [0.2, 0.25) is 0 Å². The maximum atomic E-state index is 12.5. The highest BCUT2D eigenvalue weighted by Gasteiger charge is 2.42. The molecule has 0 fully saturated rings. The molecule has 2 rings (SSSR count). The van der Waals surface area contributed by atoms with E-state index < -0.39 is 5.41 Å². The summed E-state index contributed by atoms with van der Waals surface area (Å²) in [5, 5.41) is 0. The average Bonchev–Trinajstić information content (AvgIpc) is 2.53. The Labute approximate surface area is 125 Å². The van der Waals surface area contributed by atoms with Crippen LogP contribution in [0, 0.1) is 24.7 Å². The van der Waals surface area contributed by atoms with Gasteiger partial charge in [-0.2, -0.15) is 0 Å². The topological polar surface area (TPSA) is 52.6 Å². The van der Waals surface area contributed by atoms with Crippen molar-refractivity contribution in [1.82, 2.24) is 0 Å². The van der Waals surface area contributed by atoms with Crippen LogP contribution in [0.4, 0.5) is 0 Å². The Bertz CT molecular complexity index is 633. The lowest BCUT2D eigenvalue weighted by Gasteiger charge is -2.36. The lowest BCUT2D eigenvalue weighted by molar-refractivity contribution is -0.150. The van der Waals surface area contributed by atoms with Crippen LogP contribution in [0.3, 0.4) is 0 Å². The fraction of sp³-hybridized carbons (Fsp3) is 0.529. The van der Waals surface area contributed by atoms with Crippen molar-refractivity contribution < 1.29 is 19.1 Å². The maximum Gasteiger partial charge on any atom is 0.344 e. The Morgan fingerprint density at radius 1 is 1.14 bits per heavy atom. The molecule has 4 nitrogen and oxygen atoms in total. The Kier molecular flexibility index (Phi) is 3.39. The number of hydrogen-bond donors (Lipinski definition) is 0. The maximum absolute atomic E-state index is 12.5. The average molecular weight is 290 g/mol. The molecule has 4 heteroatoms. The van der Waals surface area contributed by atoms with E-state index in [4.69, 9.17) is 9.47 Å². The van der Waals surface area contributed by atoms with Crippen LogP contribution in [0.25, 0.3) is 0 Å². The van der Waals surface area contributed by atoms with E-state index in [1.165, 1.54) is 0 Å². The van der Waals surface area contributed by atoms with Gasteiger partial charge in [-0.05, 0) is 44.7 Å². The molecule has 0 saturated carbocycles. The molecule has 114 valence electrons. The van der Waals surface area contributed by atoms with E-state index in [1.54, 1.807) is 19.9 Å². The molecule has 2 bridgehead atoms. The number of esters is 2. The van der Waals surface area contributed by atoms with Crippen molar-refractivity contribution in [3.8, 4) is 11.5 Å². The van der Waals surface area contributed by atoms with E-state index in [9.17, 15) is 9.59 Å². The zero-order valence-electron chi connectivity index (χ0n) is 13.7. The summed E-state index contributed by atoms with van der Waals surface area (Å²) in [4.78, 5) is 24.2. The number of carbonyl (C=O) groups excluding carboxylic acids is 2. The molecule has 0 unspecified atom stereocenters. The van der Waals surface area contributed by atoms with Gasteiger partial charge >= 0.3 is 11.9 Å². The summed E-state index contributed by atoms with van der Waals surface area (Å²) >= 11 is 0. The van der Waals surface area contributed by atoms with Crippen molar-refractivity contribution in [2.45, 2.75) is 48.5 Å². The van der Waals surface area contributed by atoms with Crippen LogP contribution < -0.4 is 9.47 Å². The highest BCUT2D eigenvalue weighted by Crippen LogP contribution is 2.44. The zero-order chi connectivity index (χ0) is 16.2. The monoisotopic (exact) mass is 290 g/mol. The second kappa shape index (κ2) is 4.58. The lowest BCUT2D eigenvalue weighted by Crippen LogP contribution is -2.40. The second-order valence-electron chi connectivity index (χ2n) is 7.18. The molecule has 0 atom stereocenters. The van der Waals surface area contributed by atoms with Crippen molar-refractivity contribution in [1.29, 1.82) is 0 Å². The predicted octanol–water partition coefficient (Wildman–Crippen LogP) is 3.81. The van der Waals surface area contributed by atoms with Crippen LogP contribution >= 0.6 is 0 Å². The van der Waals surface area contributed by atoms with Gasteiger partial charge in [0, 0.05) is 5.56 Å². The van der Waals surface area contributed by atoms with Gasteiger partial charge in [0.1, 0.15) is 0 Å². The van der Waals surface area contributed by atoms with Crippen molar-refractivity contribution >= 4 is 11.9 Å². The first-order valence-electron chi connectivity index (χ1n) is 7.05. The highest BCUT2D eigenvalue weighted by molar-refractivity contribution is 5.99. The van der Waals surface area contributed by atoms with E-state index in [0.29, 0.717) is 17.1 Å². The van der Waals surface area contributed by atoms with E-state index in [-0.39, 0.29) is 17.4 Å². The summed E-state index contributed by atoms with van der Waals surface area (Å²) in [5.74, 6) is 0.00455. The largest absolute Gasteiger partial charge is 0.422 e. The van der Waals surface area contributed by atoms with E-state index in [2.05, 4.69) is 0 Å². The van der Waals surface area contributed by atoms with Gasteiger partial charge in [0.25, 0.3) is 0 Å². The normalized spacial score (nSPS) is 14.1. The molecule has 1 aliphatic heterocycles. The van der Waals surface area contributed by atoms with E-state index in [1.807, 2.05) is 34.6 Å². The third-order valence-electron chi connectivity index (χ3n) is 4.66. The Hall–Kier alpha value is -1.84. The van der Waals surface area contributed by atoms with E-state index >= 15 is 0 Å². The first-order chi connectivity index (χ1) is 9.46. The Balaban J connectivity index is 2.39. The first kappa shape index (κ1) is 15.5. The number of carbonyl (C=O) groups is 2. The van der Waals surface area contributed by atoms with Crippen molar-refractivity contribution in [2.75, 3.05) is 0 Å². The van der Waals surface area contributed by atoms with Gasteiger partial charge in [0.2, 0.25) is 0 Å². The molecule has 0 saturated heterocycles. The first-order valence-corrected chi connectivity index (χ1v) is 7.05. The van der Waals surface area contributed by atoms with Gasteiger partial charge in [-0.3, -0.25) is 4.79 Å². The minimum absolute atomic E-state index is 0.246. The van der Waals surface area contributed by atoms with Crippen molar-refractivity contribution in [3.63, 3.8) is 0 Å². The molecule has 0 N–H and O–H groups in total. The fourth-order valence-electron chi connectivity index (χ4n) is 2.00. The molecule has 0 spiro atoms. The van der Waals surface area contributed by atoms with Crippen LogP contribution in [0.15, 0.2) is 6.07 Å². The van der Waals surface area contributed by atoms with Gasteiger partial charge < -0.3 is 9.47 Å². The SMILES string of the molecule is Cc1cc2c(C)c(c1OC(=O)C(C)(C)C(C)(C)C)OC2=O. The number of rotatable bonds is 2. The summed E-state index contributed by atoms with van der Waals surface area (Å²) in [6, 6.07) is 1.71. The lowest BCUT2D eigenvalue weighted by atomic mass is 9.69. The minimum atomic E-state index is -0.665. The number of benzene rings is 1. The Morgan fingerprint density at radius 2 is 1.71 bits per heavy atom. The van der Waals surface area contributed by atoms with Crippen LogP contribution in [-0.4, -0.2) is 11.9 Å². The number of hydrogen-bond acceptors (Lipinski definition) is 4. The molecule has 0 aliphatic carbocycles. The standard InChI is InChI=1S/C17H22O4/c1-9-8-11-10(2)13(20-14(11)18)12(9)21-15(19)17(6,7)16(3,4)5/h8H,1-7H3. The molecular weight excluding hydrogens is 268 g/mol. The zero-order valence-corrected chi connectivity index (χ0v) is 13.7. The van der Waals surface area contributed by atoms with Gasteiger partial charge in [-0.25, -0.2) is 4.79 Å². The van der Waals surface area contributed by atoms with Gasteiger partial charge in [-0.15, -0.1) is 0 Å². The summed E-state index contributed by atoms with van der Waals surface area (Å²) < 4.78 is 10.8. The molecular formula is C17H22O4. The van der Waals surface area contributed by atoms with Crippen LogP contribution in [0.1, 0.15) is 56.1 Å². The minimum Gasteiger partial charge on any atom is -0.422 e. The van der Waals surface area contributed by atoms with Crippen molar-refractivity contribution in [3.05, 3.63) is 22.8 Å². The fourth-order valence-corrected chi connectivity index (χ4v) is 2.00. The molecule has 1 aromatic carbocycles. The second-order valence-corrected chi connectivity index (χ2v) is 7.18. The predicted molar refractivity (Wildman–Crippen MR) is 79.7 cm³/mol. The molecule has 1 aromatic rings. The molecule has 1 heterocycles. The quantitative estimate of drug-likeness (QED) is 0.614. The smallest absolute Gasteiger partial charge is 0.344 e. The molecule has 0 aromatic heterocycles. The molecule has 21 heavy (non-hydrogen) atoms. The third kappa shape index (κ3) is 2.33. The molecule has 1 aliphatic rings. The number of aryl methyl sites for hydroxylation is 1. The molecule has 0 amide bonds. The number of ether oxygens (including phenoxy) is 2. The van der Waals surface area contributed by atoms with Gasteiger partial charge in [0.05, 0.1) is 11.0 Å².